The van der Waals surface area contributed by atoms with E-state index in [2.05, 4.69) is 15.2 Å². The largest absolute Gasteiger partial charge is 0.390 e. The molecule has 4 N–H and O–H groups in total. The van der Waals surface area contributed by atoms with Crippen molar-refractivity contribution in [2.75, 3.05) is 5.73 Å². The van der Waals surface area contributed by atoms with E-state index < -0.39 is 0 Å². The number of fused-ring (bicyclic) bond motifs is 1. The molecule has 15 heavy (non-hydrogen) atoms. The first-order chi connectivity index (χ1) is 7.25. The average molecular weight is 222 g/mol. The Bertz CT molecular complexity index is 565. The third-order valence-electron chi connectivity index (χ3n) is 2.69. The number of thiophene rings is 1. The van der Waals surface area contributed by atoms with Crippen LogP contribution in [0, 0.1) is 0 Å². The van der Waals surface area contributed by atoms with Crippen molar-refractivity contribution >= 4 is 16.3 Å². The minimum absolute atomic E-state index is 0.289. The van der Waals surface area contributed by atoms with Crippen molar-refractivity contribution in [1.29, 1.82) is 0 Å². The Labute approximate surface area is 89.3 Å². The van der Waals surface area contributed by atoms with Gasteiger partial charge in [-0.15, -0.1) is 11.3 Å². The maximum absolute atomic E-state index is 11.0. The van der Waals surface area contributed by atoms with Gasteiger partial charge in [-0.25, -0.2) is 9.89 Å². The lowest BCUT2D eigenvalue weighted by Crippen LogP contribution is -2.00. The van der Waals surface area contributed by atoms with Gasteiger partial charge in [0.25, 0.3) is 0 Å². The van der Waals surface area contributed by atoms with Gasteiger partial charge in [0.05, 0.1) is 10.6 Å². The highest BCUT2D eigenvalue weighted by Gasteiger charge is 2.23. The monoisotopic (exact) mass is 222 g/mol. The minimum Gasteiger partial charge on any atom is -0.390 e. The van der Waals surface area contributed by atoms with Crippen LogP contribution in [0.25, 0.3) is 11.4 Å². The molecular formula is C9H10N4OS. The quantitative estimate of drug-likeness (QED) is 0.669. The number of aryl methyl sites for hydroxylation is 1. The summed E-state index contributed by atoms with van der Waals surface area (Å²) in [4.78, 5) is 15.0. The lowest BCUT2D eigenvalue weighted by molar-refractivity contribution is 0.914. The molecule has 0 unspecified atom stereocenters. The van der Waals surface area contributed by atoms with Crippen LogP contribution in [0.5, 0.6) is 0 Å². The van der Waals surface area contributed by atoms with E-state index in [9.17, 15) is 4.79 Å². The van der Waals surface area contributed by atoms with Gasteiger partial charge in [0.1, 0.15) is 0 Å². The molecule has 0 spiro atoms. The summed E-state index contributed by atoms with van der Waals surface area (Å²) in [6.45, 7) is 0. The standard InChI is InChI=1S/C9H10N4OS/c10-7-6(8-11-9(14)13-12-8)4-2-1-3-5(4)15-7/h1-3,10H2,(H2,11,12,13,14). The molecular weight excluding hydrogens is 212 g/mol. The third-order valence-corrected chi connectivity index (χ3v) is 3.81. The summed E-state index contributed by atoms with van der Waals surface area (Å²) in [5.41, 5.74) is 7.83. The van der Waals surface area contributed by atoms with Gasteiger partial charge in [0.15, 0.2) is 5.82 Å². The minimum atomic E-state index is -0.289. The molecule has 2 heterocycles. The Morgan fingerprint density at radius 3 is 3.00 bits per heavy atom. The number of nitrogens with two attached hydrogens (primary N) is 1. The maximum Gasteiger partial charge on any atom is 0.340 e. The highest BCUT2D eigenvalue weighted by molar-refractivity contribution is 7.16. The molecule has 0 saturated carbocycles. The van der Waals surface area contributed by atoms with Crippen LogP contribution in [-0.2, 0) is 12.8 Å². The number of hydrogen-bond donors (Lipinski definition) is 3. The molecule has 3 rings (SSSR count). The highest BCUT2D eigenvalue weighted by atomic mass is 32.1. The second-order valence-electron chi connectivity index (χ2n) is 3.62. The normalized spacial score (nSPS) is 14.4. The lowest BCUT2D eigenvalue weighted by Gasteiger charge is -1.97. The molecule has 0 saturated heterocycles. The van der Waals surface area contributed by atoms with Gasteiger partial charge < -0.3 is 5.73 Å². The van der Waals surface area contributed by atoms with Crippen molar-refractivity contribution in [1.82, 2.24) is 15.2 Å². The smallest absolute Gasteiger partial charge is 0.340 e. The number of rotatable bonds is 1. The Balaban J connectivity index is 2.23. The fourth-order valence-corrected chi connectivity index (χ4v) is 3.23. The average Bonchev–Trinajstić information content (AvgIpc) is 2.81. The number of anilines is 1. The van der Waals surface area contributed by atoms with E-state index in [4.69, 9.17) is 5.73 Å². The molecule has 1 aliphatic rings. The number of nitrogen functional groups attached to an aromatic ring is 1. The Hall–Kier alpha value is -1.56. The van der Waals surface area contributed by atoms with Gasteiger partial charge in [-0.3, -0.25) is 4.98 Å². The molecule has 78 valence electrons. The van der Waals surface area contributed by atoms with E-state index in [1.165, 1.54) is 16.9 Å². The lowest BCUT2D eigenvalue weighted by atomic mass is 10.1. The van der Waals surface area contributed by atoms with Crippen LogP contribution in [0.4, 0.5) is 5.00 Å². The van der Waals surface area contributed by atoms with Crippen molar-refractivity contribution in [3.05, 3.63) is 20.9 Å². The molecule has 0 aliphatic heterocycles. The number of nitrogens with zero attached hydrogens (tertiary/aromatic N) is 1. The fourth-order valence-electron chi connectivity index (χ4n) is 2.07. The van der Waals surface area contributed by atoms with E-state index in [0.29, 0.717) is 5.82 Å². The number of aromatic nitrogens is 3. The molecule has 2 aromatic heterocycles. The fraction of sp³-hybridized carbons (Fsp3) is 0.333. The molecule has 1 aliphatic carbocycles. The van der Waals surface area contributed by atoms with E-state index in [-0.39, 0.29) is 5.69 Å². The SMILES string of the molecule is Nc1sc2c(c1-c1n[nH]c(=O)[nH]1)CCC2. The molecule has 2 aromatic rings. The first-order valence-electron chi connectivity index (χ1n) is 4.81. The maximum atomic E-state index is 11.0. The van der Waals surface area contributed by atoms with Crippen molar-refractivity contribution in [3.8, 4) is 11.4 Å². The van der Waals surface area contributed by atoms with Crippen LogP contribution >= 0.6 is 11.3 Å². The zero-order chi connectivity index (χ0) is 10.4. The third kappa shape index (κ3) is 1.21. The van der Waals surface area contributed by atoms with Crippen molar-refractivity contribution < 1.29 is 0 Å². The van der Waals surface area contributed by atoms with Crippen LogP contribution in [0.15, 0.2) is 4.79 Å². The van der Waals surface area contributed by atoms with E-state index in [0.717, 1.165) is 23.4 Å². The van der Waals surface area contributed by atoms with Crippen LogP contribution in [0.1, 0.15) is 16.9 Å². The number of H-pyrrole nitrogens is 2. The van der Waals surface area contributed by atoms with Gasteiger partial charge in [0.2, 0.25) is 0 Å². The van der Waals surface area contributed by atoms with Crippen LogP contribution < -0.4 is 11.4 Å². The van der Waals surface area contributed by atoms with Gasteiger partial charge >= 0.3 is 5.69 Å². The summed E-state index contributed by atoms with van der Waals surface area (Å²) in [6.07, 6.45) is 3.30. The topological polar surface area (TPSA) is 87.6 Å². The second-order valence-corrected chi connectivity index (χ2v) is 4.76. The Morgan fingerprint density at radius 1 is 1.40 bits per heavy atom. The van der Waals surface area contributed by atoms with Crippen LogP contribution in [0.2, 0.25) is 0 Å². The van der Waals surface area contributed by atoms with E-state index in [1.54, 1.807) is 11.3 Å². The number of aromatic amines is 2. The summed E-state index contributed by atoms with van der Waals surface area (Å²) in [6, 6.07) is 0. The number of hydrogen-bond acceptors (Lipinski definition) is 4. The summed E-state index contributed by atoms with van der Waals surface area (Å²) in [5.74, 6) is 0.567. The van der Waals surface area contributed by atoms with Gasteiger partial charge in [-0.1, -0.05) is 0 Å². The van der Waals surface area contributed by atoms with Gasteiger partial charge in [-0.05, 0) is 24.8 Å². The highest BCUT2D eigenvalue weighted by Crippen LogP contribution is 2.41. The van der Waals surface area contributed by atoms with Gasteiger partial charge in [-0.2, -0.15) is 5.10 Å². The Morgan fingerprint density at radius 2 is 2.27 bits per heavy atom. The zero-order valence-electron chi connectivity index (χ0n) is 7.96. The van der Waals surface area contributed by atoms with Crippen molar-refractivity contribution in [2.24, 2.45) is 0 Å². The van der Waals surface area contributed by atoms with Crippen molar-refractivity contribution in [2.45, 2.75) is 19.3 Å². The molecule has 0 radical (unpaired) electrons. The molecule has 0 bridgehead atoms. The molecule has 0 fully saturated rings. The first kappa shape index (κ1) is 8.72. The number of nitrogens with one attached hydrogen (secondary N) is 2. The Kier molecular flexibility index (Phi) is 1.72. The van der Waals surface area contributed by atoms with E-state index >= 15 is 0 Å². The first-order valence-corrected chi connectivity index (χ1v) is 5.62. The summed E-state index contributed by atoms with van der Waals surface area (Å²) in [7, 11) is 0. The van der Waals surface area contributed by atoms with Gasteiger partial charge in [0, 0.05) is 4.88 Å². The van der Waals surface area contributed by atoms with Crippen molar-refractivity contribution in [3.63, 3.8) is 0 Å². The zero-order valence-corrected chi connectivity index (χ0v) is 8.78. The van der Waals surface area contributed by atoms with E-state index in [1.807, 2.05) is 0 Å². The predicted molar refractivity (Wildman–Crippen MR) is 59.0 cm³/mol. The summed E-state index contributed by atoms with van der Waals surface area (Å²) >= 11 is 1.61. The molecule has 0 aromatic carbocycles. The summed E-state index contributed by atoms with van der Waals surface area (Å²) < 4.78 is 0. The van der Waals surface area contributed by atoms with Crippen LogP contribution in [-0.4, -0.2) is 15.2 Å². The molecule has 0 amide bonds. The second kappa shape index (κ2) is 2.96. The van der Waals surface area contributed by atoms with Crippen LogP contribution in [0.3, 0.4) is 0 Å². The molecule has 0 atom stereocenters. The predicted octanol–water partition coefficient (Wildman–Crippen LogP) is 0.897. The molecule has 6 heteroatoms. The molecule has 5 nitrogen and oxygen atoms in total. The summed E-state index contributed by atoms with van der Waals surface area (Å²) in [5, 5.41) is 7.05.